The second kappa shape index (κ2) is 7.94. The molecule has 5 aromatic carbocycles. The van der Waals surface area contributed by atoms with Gasteiger partial charge in [0.1, 0.15) is 0 Å². The fourth-order valence-corrected chi connectivity index (χ4v) is 7.30. The van der Waals surface area contributed by atoms with E-state index in [9.17, 15) is 0 Å². The monoisotopic (exact) mass is 548 g/mol. The van der Waals surface area contributed by atoms with Crippen molar-refractivity contribution < 1.29 is 18.8 Å². The highest BCUT2D eigenvalue weighted by Gasteiger charge is 2.55. The zero-order chi connectivity index (χ0) is 28.4. The lowest BCUT2D eigenvalue weighted by atomic mass is 9.68. The van der Waals surface area contributed by atoms with Gasteiger partial charge in [-0.2, -0.15) is 0 Å². The minimum Gasteiger partial charge on any atom is -0.450 e. The van der Waals surface area contributed by atoms with Crippen LogP contribution in [0.5, 0.6) is 23.0 Å². The SMILES string of the molecule is CC1(C)OB(c2ccc3c(c2)C2(c4ccccc4-c4ccccc42)c2cc4c(cc2-3)Oc2ccccc2O4)OC1(C)C. The Morgan fingerprint density at radius 3 is 1.57 bits per heavy atom. The maximum atomic E-state index is 6.53. The van der Waals surface area contributed by atoms with E-state index in [1.54, 1.807) is 0 Å². The van der Waals surface area contributed by atoms with Crippen LogP contribution in [0, 0.1) is 0 Å². The van der Waals surface area contributed by atoms with Crippen molar-refractivity contribution in [3.63, 3.8) is 0 Å². The minimum absolute atomic E-state index is 0.424. The third kappa shape index (κ3) is 2.95. The molecule has 2 aliphatic carbocycles. The Hall–Kier alpha value is -4.32. The molecule has 4 nitrogen and oxygen atoms in total. The van der Waals surface area contributed by atoms with E-state index in [1.165, 1.54) is 38.9 Å². The summed E-state index contributed by atoms with van der Waals surface area (Å²) in [7, 11) is -0.456. The Morgan fingerprint density at radius 1 is 0.452 bits per heavy atom. The third-order valence-corrected chi connectivity index (χ3v) is 9.99. The summed E-state index contributed by atoms with van der Waals surface area (Å²) in [6.45, 7) is 8.40. The highest BCUT2D eigenvalue weighted by molar-refractivity contribution is 6.62. The minimum atomic E-state index is -0.521. The summed E-state index contributed by atoms with van der Waals surface area (Å²) in [6, 6.07) is 36.5. The Labute approximate surface area is 246 Å². The summed E-state index contributed by atoms with van der Waals surface area (Å²) in [6.07, 6.45) is 0. The van der Waals surface area contributed by atoms with Crippen LogP contribution in [0.3, 0.4) is 0 Å². The van der Waals surface area contributed by atoms with Crippen LogP contribution in [-0.2, 0) is 14.7 Å². The first kappa shape index (κ1) is 24.3. The van der Waals surface area contributed by atoms with Gasteiger partial charge in [-0.25, -0.2) is 0 Å². The molecule has 5 aromatic rings. The summed E-state index contributed by atoms with van der Waals surface area (Å²) < 4.78 is 25.9. The molecule has 0 saturated carbocycles. The molecule has 0 amide bonds. The first-order chi connectivity index (χ1) is 20.3. The molecule has 5 heteroatoms. The van der Waals surface area contributed by atoms with E-state index >= 15 is 0 Å². The van der Waals surface area contributed by atoms with E-state index in [4.69, 9.17) is 18.8 Å². The number of hydrogen-bond acceptors (Lipinski definition) is 4. The van der Waals surface area contributed by atoms with Gasteiger partial charge in [0.2, 0.25) is 0 Å². The van der Waals surface area contributed by atoms with Crippen LogP contribution in [0.4, 0.5) is 0 Å². The lowest BCUT2D eigenvalue weighted by molar-refractivity contribution is 0.00578. The summed E-state index contributed by atoms with van der Waals surface area (Å²) >= 11 is 0. The van der Waals surface area contributed by atoms with Crippen molar-refractivity contribution in [3.8, 4) is 45.3 Å². The molecule has 2 heterocycles. The first-order valence-corrected chi connectivity index (χ1v) is 14.6. The number of rotatable bonds is 1. The van der Waals surface area contributed by atoms with Gasteiger partial charge in [-0.1, -0.05) is 78.9 Å². The predicted molar refractivity (Wildman–Crippen MR) is 165 cm³/mol. The van der Waals surface area contributed by atoms with Gasteiger partial charge in [0.05, 0.1) is 16.6 Å². The molecule has 0 aromatic heterocycles. The number of ether oxygens (including phenoxy) is 2. The Kier molecular flexibility index (Phi) is 4.60. The van der Waals surface area contributed by atoms with Gasteiger partial charge >= 0.3 is 7.12 Å². The molecule has 0 atom stereocenters. The molecular weight excluding hydrogens is 519 g/mol. The van der Waals surface area contributed by atoms with Crippen molar-refractivity contribution >= 4 is 12.6 Å². The summed E-state index contributed by atoms with van der Waals surface area (Å²) in [4.78, 5) is 0. The average molecular weight is 548 g/mol. The largest absolute Gasteiger partial charge is 0.494 e. The molecule has 0 unspecified atom stereocenters. The van der Waals surface area contributed by atoms with Crippen LogP contribution < -0.4 is 14.9 Å². The maximum Gasteiger partial charge on any atom is 0.494 e. The Morgan fingerprint density at radius 2 is 0.952 bits per heavy atom. The first-order valence-electron chi connectivity index (χ1n) is 14.6. The number of fused-ring (bicyclic) bond motifs is 12. The van der Waals surface area contributed by atoms with Gasteiger partial charge in [0.25, 0.3) is 0 Å². The number of benzene rings is 5. The van der Waals surface area contributed by atoms with Crippen molar-refractivity contribution in [2.45, 2.75) is 44.3 Å². The fourth-order valence-electron chi connectivity index (χ4n) is 7.30. The molecule has 1 saturated heterocycles. The fraction of sp³-hybridized carbons (Fsp3) is 0.189. The molecule has 2 aliphatic heterocycles. The van der Waals surface area contributed by atoms with Crippen LogP contribution in [0.2, 0.25) is 0 Å². The molecule has 1 fully saturated rings. The Bertz CT molecular complexity index is 1910. The zero-order valence-electron chi connectivity index (χ0n) is 24.0. The van der Waals surface area contributed by atoms with Gasteiger partial charge in [0.15, 0.2) is 23.0 Å². The van der Waals surface area contributed by atoms with Gasteiger partial charge in [-0.15, -0.1) is 0 Å². The van der Waals surface area contributed by atoms with E-state index < -0.39 is 23.7 Å². The van der Waals surface area contributed by atoms with Crippen molar-refractivity contribution in [2.75, 3.05) is 0 Å². The smallest absolute Gasteiger partial charge is 0.450 e. The van der Waals surface area contributed by atoms with Gasteiger partial charge in [-0.05, 0) is 102 Å². The van der Waals surface area contributed by atoms with Crippen LogP contribution in [0.1, 0.15) is 49.9 Å². The lowest BCUT2D eigenvalue weighted by Crippen LogP contribution is -2.41. The molecule has 204 valence electrons. The second-order valence-electron chi connectivity index (χ2n) is 12.7. The van der Waals surface area contributed by atoms with E-state index in [0.29, 0.717) is 0 Å². The van der Waals surface area contributed by atoms with Crippen molar-refractivity contribution in [2.24, 2.45) is 0 Å². The van der Waals surface area contributed by atoms with E-state index in [2.05, 4.69) is 107 Å². The molecule has 0 radical (unpaired) electrons. The Balaban J connectivity index is 1.33. The van der Waals surface area contributed by atoms with Crippen LogP contribution in [0.15, 0.2) is 103 Å². The third-order valence-electron chi connectivity index (χ3n) is 9.99. The highest BCUT2D eigenvalue weighted by Crippen LogP contribution is 2.64. The van der Waals surface area contributed by atoms with Crippen molar-refractivity contribution in [3.05, 3.63) is 125 Å². The summed E-state index contributed by atoms with van der Waals surface area (Å²) in [5.74, 6) is 2.91. The van der Waals surface area contributed by atoms with E-state index in [1.807, 2.05) is 24.3 Å². The summed E-state index contributed by atoms with van der Waals surface area (Å²) in [5, 5.41) is 0. The lowest BCUT2D eigenvalue weighted by Gasteiger charge is -2.32. The van der Waals surface area contributed by atoms with Gasteiger partial charge in [-0.3, -0.25) is 0 Å². The van der Waals surface area contributed by atoms with E-state index in [0.717, 1.165) is 34.0 Å². The normalized spacial score (nSPS) is 18.7. The topological polar surface area (TPSA) is 36.9 Å². The molecule has 0 bridgehead atoms. The highest BCUT2D eigenvalue weighted by atomic mass is 16.7. The van der Waals surface area contributed by atoms with E-state index in [-0.39, 0.29) is 0 Å². The molecular formula is C37H29BO4. The van der Waals surface area contributed by atoms with Crippen LogP contribution in [-0.4, -0.2) is 18.3 Å². The number of hydrogen-bond donors (Lipinski definition) is 0. The second-order valence-corrected chi connectivity index (χ2v) is 12.7. The molecule has 42 heavy (non-hydrogen) atoms. The zero-order valence-corrected chi connectivity index (χ0v) is 24.0. The van der Waals surface area contributed by atoms with Crippen molar-refractivity contribution in [1.29, 1.82) is 0 Å². The average Bonchev–Trinajstić information content (AvgIpc) is 3.53. The van der Waals surface area contributed by atoms with Crippen LogP contribution >= 0.6 is 0 Å². The predicted octanol–water partition coefficient (Wildman–Crippen LogP) is 8.23. The molecule has 1 spiro atoms. The quantitative estimate of drug-likeness (QED) is 0.194. The molecule has 9 rings (SSSR count). The van der Waals surface area contributed by atoms with Gasteiger partial charge in [0, 0.05) is 0 Å². The standard InChI is InChI=1S/C37H29BO4/c1-35(2)36(3,4)42-38(41-35)22-17-18-25-26-20-33-34(40-32-16-10-9-15-31(32)39-33)21-30(26)37(29(25)19-22)27-13-7-5-11-23(27)24-12-6-8-14-28(24)37/h5-21H,1-4H3. The molecule has 4 aliphatic rings. The molecule has 0 N–H and O–H groups in total. The van der Waals surface area contributed by atoms with Crippen molar-refractivity contribution in [1.82, 2.24) is 0 Å². The summed E-state index contributed by atoms with van der Waals surface area (Å²) in [5.41, 5.74) is 9.47. The maximum absolute atomic E-state index is 6.53. The van der Waals surface area contributed by atoms with Gasteiger partial charge < -0.3 is 18.8 Å². The number of para-hydroxylation sites is 2. The van der Waals surface area contributed by atoms with Crippen LogP contribution in [0.25, 0.3) is 22.3 Å².